The van der Waals surface area contributed by atoms with Gasteiger partial charge in [0.25, 0.3) is 0 Å². The van der Waals surface area contributed by atoms with Crippen LogP contribution in [0.1, 0.15) is 13.8 Å². The van der Waals surface area contributed by atoms with Crippen LogP contribution in [-0.2, 0) is 4.79 Å². The van der Waals surface area contributed by atoms with E-state index in [1.54, 1.807) is 7.11 Å². The number of hydrogen-bond donors (Lipinski definition) is 1. The first-order valence-electron chi connectivity index (χ1n) is 6.72. The minimum absolute atomic E-state index is 0.0458. The monoisotopic (exact) mass is 281 g/mol. The van der Waals surface area contributed by atoms with Gasteiger partial charge < -0.3 is 14.6 Å². The van der Waals surface area contributed by atoms with Gasteiger partial charge in [0, 0.05) is 13.1 Å². The maximum Gasteiger partial charge on any atom is 0.317 e. The molecule has 0 aliphatic rings. The zero-order valence-electron chi connectivity index (χ0n) is 12.3. The second-order valence-electron chi connectivity index (χ2n) is 5.05. The highest BCUT2D eigenvalue weighted by Crippen LogP contribution is 2.16. The lowest BCUT2D eigenvalue weighted by atomic mass is 10.2. The molecule has 20 heavy (non-hydrogen) atoms. The molecule has 0 atom stereocenters. The molecule has 0 aromatic heterocycles. The largest absolute Gasteiger partial charge is 0.497 e. The number of nitrogens with zero attached hydrogens (tertiary/aromatic N) is 1. The summed E-state index contributed by atoms with van der Waals surface area (Å²) >= 11 is 0. The van der Waals surface area contributed by atoms with Gasteiger partial charge in [0.1, 0.15) is 18.1 Å². The fraction of sp³-hybridized carbons (Fsp3) is 0.533. The Kier molecular flexibility index (Phi) is 6.87. The molecular formula is C15H23NO4. The SMILES string of the molecule is COc1ccc(OCCN(CC(=O)O)CC(C)C)cc1. The number of carbonyl (C=O) groups is 1. The van der Waals surface area contributed by atoms with Crippen molar-refractivity contribution in [3.8, 4) is 11.5 Å². The fourth-order valence-electron chi connectivity index (χ4n) is 1.91. The van der Waals surface area contributed by atoms with Crippen LogP contribution in [0, 0.1) is 5.92 Å². The van der Waals surface area contributed by atoms with Crippen LogP contribution in [0.4, 0.5) is 0 Å². The van der Waals surface area contributed by atoms with Gasteiger partial charge in [0.15, 0.2) is 0 Å². The Labute approximate surface area is 120 Å². The molecule has 1 N–H and O–H groups in total. The third kappa shape index (κ3) is 6.43. The van der Waals surface area contributed by atoms with E-state index in [9.17, 15) is 4.79 Å². The second kappa shape index (κ2) is 8.43. The van der Waals surface area contributed by atoms with E-state index < -0.39 is 5.97 Å². The number of benzene rings is 1. The molecule has 112 valence electrons. The molecule has 0 bridgehead atoms. The average Bonchev–Trinajstić information content (AvgIpc) is 2.38. The highest BCUT2D eigenvalue weighted by Gasteiger charge is 2.11. The van der Waals surface area contributed by atoms with Crippen molar-refractivity contribution in [2.75, 3.05) is 33.4 Å². The van der Waals surface area contributed by atoms with Crippen molar-refractivity contribution in [3.05, 3.63) is 24.3 Å². The highest BCUT2D eigenvalue weighted by atomic mass is 16.5. The van der Waals surface area contributed by atoms with Gasteiger partial charge in [-0.25, -0.2) is 0 Å². The van der Waals surface area contributed by atoms with E-state index in [1.165, 1.54) is 0 Å². The molecule has 0 aliphatic heterocycles. The fourth-order valence-corrected chi connectivity index (χ4v) is 1.91. The van der Waals surface area contributed by atoms with Gasteiger partial charge in [-0.1, -0.05) is 13.8 Å². The first kappa shape index (κ1) is 16.3. The maximum atomic E-state index is 10.8. The van der Waals surface area contributed by atoms with Gasteiger partial charge in [0.2, 0.25) is 0 Å². The molecule has 0 unspecified atom stereocenters. The predicted octanol–water partition coefficient (Wildman–Crippen LogP) is 2.12. The summed E-state index contributed by atoms with van der Waals surface area (Å²) in [5, 5.41) is 8.87. The normalized spacial score (nSPS) is 10.8. The average molecular weight is 281 g/mol. The van der Waals surface area contributed by atoms with Gasteiger partial charge in [-0.05, 0) is 30.2 Å². The zero-order chi connectivity index (χ0) is 15.0. The van der Waals surface area contributed by atoms with E-state index in [1.807, 2.05) is 29.2 Å². The maximum absolute atomic E-state index is 10.8. The summed E-state index contributed by atoms with van der Waals surface area (Å²) in [6.45, 7) is 5.99. The van der Waals surface area contributed by atoms with Gasteiger partial charge in [-0.2, -0.15) is 0 Å². The standard InChI is InChI=1S/C15H23NO4/c1-12(2)10-16(11-15(17)18)8-9-20-14-6-4-13(19-3)5-7-14/h4-7,12H,8-11H2,1-3H3,(H,17,18). The molecule has 1 aromatic carbocycles. The van der Waals surface area contributed by atoms with Crippen LogP contribution in [0.5, 0.6) is 11.5 Å². The number of ether oxygens (including phenoxy) is 2. The Morgan fingerprint density at radius 2 is 1.85 bits per heavy atom. The molecule has 1 rings (SSSR count). The first-order chi connectivity index (χ1) is 9.51. The third-order valence-electron chi connectivity index (χ3n) is 2.72. The number of carboxylic acid groups (broad SMARTS) is 1. The Bertz CT molecular complexity index is 403. The van der Waals surface area contributed by atoms with Crippen LogP contribution >= 0.6 is 0 Å². The molecule has 1 aromatic rings. The van der Waals surface area contributed by atoms with Crippen molar-refractivity contribution in [2.45, 2.75) is 13.8 Å². The van der Waals surface area contributed by atoms with Crippen LogP contribution in [0.15, 0.2) is 24.3 Å². The number of rotatable bonds is 9. The molecule has 0 amide bonds. The summed E-state index contributed by atoms with van der Waals surface area (Å²) in [5.41, 5.74) is 0. The van der Waals surface area contributed by atoms with Crippen molar-refractivity contribution in [1.82, 2.24) is 4.90 Å². The molecule has 0 saturated carbocycles. The van der Waals surface area contributed by atoms with E-state index in [0.29, 0.717) is 19.1 Å². The number of methoxy groups -OCH3 is 1. The summed E-state index contributed by atoms with van der Waals surface area (Å²) in [5.74, 6) is 1.15. The minimum atomic E-state index is -0.810. The van der Waals surface area contributed by atoms with Crippen molar-refractivity contribution >= 4 is 5.97 Å². The topological polar surface area (TPSA) is 59.0 Å². The lowest BCUT2D eigenvalue weighted by Gasteiger charge is -2.22. The quantitative estimate of drug-likeness (QED) is 0.751. The molecular weight excluding hydrogens is 258 g/mol. The van der Waals surface area contributed by atoms with Crippen LogP contribution in [0.3, 0.4) is 0 Å². The number of hydrogen-bond acceptors (Lipinski definition) is 4. The van der Waals surface area contributed by atoms with Gasteiger partial charge in [-0.3, -0.25) is 9.69 Å². The lowest BCUT2D eigenvalue weighted by molar-refractivity contribution is -0.138. The van der Waals surface area contributed by atoms with E-state index in [0.717, 1.165) is 18.0 Å². The zero-order valence-corrected chi connectivity index (χ0v) is 12.3. The van der Waals surface area contributed by atoms with Gasteiger partial charge in [-0.15, -0.1) is 0 Å². The Morgan fingerprint density at radius 1 is 1.25 bits per heavy atom. The summed E-state index contributed by atoms with van der Waals surface area (Å²) in [7, 11) is 1.62. The number of carboxylic acids is 1. The smallest absolute Gasteiger partial charge is 0.317 e. The molecule has 0 spiro atoms. The first-order valence-corrected chi connectivity index (χ1v) is 6.72. The Hall–Kier alpha value is -1.75. The lowest BCUT2D eigenvalue weighted by Crippen LogP contribution is -2.36. The molecule has 5 heteroatoms. The van der Waals surface area contributed by atoms with Crippen molar-refractivity contribution in [3.63, 3.8) is 0 Å². The van der Waals surface area contributed by atoms with Crippen molar-refractivity contribution in [1.29, 1.82) is 0 Å². The van der Waals surface area contributed by atoms with Crippen LogP contribution < -0.4 is 9.47 Å². The van der Waals surface area contributed by atoms with E-state index in [2.05, 4.69) is 13.8 Å². The predicted molar refractivity (Wildman–Crippen MR) is 77.4 cm³/mol. The van der Waals surface area contributed by atoms with Gasteiger partial charge >= 0.3 is 5.97 Å². The Balaban J connectivity index is 2.40. The van der Waals surface area contributed by atoms with E-state index in [-0.39, 0.29) is 6.54 Å². The minimum Gasteiger partial charge on any atom is -0.497 e. The van der Waals surface area contributed by atoms with Crippen molar-refractivity contribution < 1.29 is 19.4 Å². The molecule has 0 saturated heterocycles. The van der Waals surface area contributed by atoms with Crippen LogP contribution in [0.25, 0.3) is 0 Å². The highest BCUT2D eigenvalue weighted by molar-refractivity contribution is 5.69. The number of aliphatic carboxylic acids is 1. The molecule has 0 aliphatic carbocycles. The summed E-state index contributed by atoms with van der Waals surface area (Å²) < 4.78 is 10.7. The van der Waals surface area contributed by atoms with Crippen LogP contribution in [0.2, 0.25) is 0 Å². The summed E-state index contributed by atoms with van der Waals surface area (Å²) in [4.78, 5) is 12.7. The molecule has 0 heterocycles. The molecule has 0 fully saturated rings. The van der Waals surface area contributed by atoms with E-state index >= 15 is 0 Å². The Morgan fingerprint density at radius 3 is 2.35 bits per heavy atom. The van der Waals surface area contributed by atoms with E-state index in [4.69, 9.17) is 14.6 Å². The molecule has 5 nitrogen and oxygen atoms in total. The molecule has 0 radical (unpaired) electrons. The third-order valence-corrected chi connectivity index (χ3v) is 2.72. The van der Waals surface area contributed by atoms with Crippen LogP contribution in [-0.4, -0.2) is 49.3 Å². The van der Waals surface area contributed by atoms with Crippen molar-refractivity contribution in [2.24, 2.45) is 5.92 Å². The second-order valence-corrected chi connectivity index (χ2v) is 5.05. The van der Waals surface area contributed by atoms with Gasteiger partial charge in [0.05, 0.1) is 13.7 Å². The summed E-state index contributed by atoms with van der Waals surface area (Å²) in [6.07, 6.45) is 0. The summed E-state index contributed by atoms with van der Waals surface area (Å²) in [6, 6.07) is 7.34.